The summed E-state index contributed by atoms with van der Waals surface area (Å²) in [6.07, 6.45) is 5.34. The summed E-state index contributed by atoms with van der Waals surface area (Å²) in [6, 6.07) is 0.932. The van der Waals surface area contributed by atoms with Gasteiger partial charge in [0.2, 0.25) is 5.41 Å². The summed E-state index contributed by atoms with van der Waals surface area (Å²) < 4.78 is 23.1. The van der Waals surface area contributed by atoms with E-state index in [0.717, 1.165) is 38.1 Å². The Morgan fingerprint density at radius 1 is 1.05 bits per heavy atom. The molecule has 1 aliphatic rings. The predicted octanol–water partition coefficient (Wildman–Crippen LogP) is 2.85. The lowest BCUT2D eigenvalue weighted by Gasteiger charge is -2.50. The molecule has 5 nitrogen and oxygen atoms in total. The van der Waals surface area contributed by atoms with E-state index in [1.165, 1.54) is 0 Å². The second-order valence-electron chi connectivity index (χ2n) is 5.34. The fourth-order valence-corrected chi connectivity index (χ4v) is 6.93. The first-order valence-corrected chi connectivity index (χ1v) is 9.91. The second-order valence-corrected chi connectivity index (χ2v) is 8.86. The van der Waals surface area contributed by atoms with Gasteiger partial charge in [0.15, 0.2) is 0 Å². The van der Waals surface area contributed by atoms with Gasteiger partial charge < -0.3 is 23.4 Å². The Morgan fingerprint density at radius 3 is 1.90 bits per heavy atom. The summed E-state index contributed by atoms with van der Waals surface area (Å²) in [5, 5.41) is 7.88. The molecular weight excluding hydrogens is 288 g/mol. The van der Waals surface area contributed by atoms with E-state index in [1.807, 2.05) is 6.92 Å². The van der Waals surface area contributed by atoms with Crippen molar-refractivity contribution in [2.45, 2.75) is 57.4 Å². The molecule has 6 heteroatoms. The van der Waals surface area contributed by atoms with Gasteiger partial charge in [-0.3, -0.25) is 0 Å². The molecule has 0 aromatic heterocycles. The first-order valence-electron chi connectivity index (χ1n) is 7.89. The molecule has 0 radical (unpaired) electrons. The number of hydrogen-bond acceptors (Lipinski definition) is 5. The molecule has 1 aliphatic heterocycles. The maximum absolute atomic E-state index is 7.88. The smallest absolute Gasteiger partial charge is 0.396 e. The van der Waals surface area contributed by atoms with Crippen LogP contribution in [-0.4, -0.2) is 54.1 Å². The monoisotopic (exact) mass is 322 g/mol. The van der Waals surface area contributed by atoms with Gasteiger partial charge in [-0.1, -0.05) is 26.7 Å². The van der Waals surface area contributed by atoms with Crippen molar-refractivity contribution < 1.29 is 23.4 Å². The quantitative estimate of drug-likeness (QED) is 0.577. The van der Waals surface area contributed by atoms with E-state index >= 15 is 0 Å². The molecule has 1 atom stereocenters. The fourth-order valence-electron chi connectivity index (χ4n) is 3.24. The van der Waals surface area contributed by atoms with Crippen molar-refractivity contribution >= 4 is 8.56 Å². The summed E-state index contributed by atoms with van der Waals surface area (Å²) in [5.41, 5.74) is -0.662. The Balaban J connectivity index is 0.000000885. The third-order valence-corrected chi connectivity index (χ3v) is 8.46. The zero-order valence-corrected chi connectivity index (χ0v) is 15.6. The lowest BCUT2D eigenvalue weighted by atomic mass is 9.96. The summed E-state index contributed by atoms with van der Waals surface area (Å²) in [6.45, 7) is 4.44. The Hall–Kier alpha value is 0.0169. The zero-order chi connectivity index (χ0) is 16.4. The Bertz CT molecular complexity index is 250. The van der Waals surface area contributed by atoms with E-state index < -0.39 is 14.0 Å². The summed E-state index contributed by atoms with van der Waals surface area (Å²) in [5.74, 6) is 0.364. The number of ether oxygens (including phenoxy) is 2. The number of rotatable bonds is 7. The van der Waals surface area contributed by atoms with E-state index in [1.54, 1.807) is 28.4 Å². The Morgan fingerprint density at radius 2 is 1.57 bits per heavy atom. The molecule has 0 spiro atoms. The van der Waals surface area contributed by atoms with Crippen LogP contribution in [0.15, 0.2) is 0 Å². The minimum Gasteiger partial charge on any atom is -0.396 e. The SMILES string of the molecule is CCCC1CCC[Si](OC)(OC)C1(OC)OC.CCCO. The summed E-state index contributed by atoms with van der Waals surface area (Å²) in [7, 11) is 4.39. The minimum absolute atomic E-state index is 0.319. The highest BCUT2D eigenvalue weighted by Gasteiger charge is 2.64. The van der Waals surface area contributed by atoms with Gasteiger partial charge in [0, 0.05) is 41.0 Å². The lowest BCUT2D eigenvalue weighted by molar-refractivity contribution is -0.214. The van der Waals surface area contributed by atoms with Gasteiger partial charge in [0.05, 0.1) is 0 Å². The van der Waals surface area contributed by atoms with Gasteiger partial charge in [0.25, 0.3) is 0 Å². The predicted molar refractivity (Wildman–Crippen MR) is 86.3 cm³/mol. The largest absolute Gasteiger partial charge is 0.399 e. The average Bonchev–Trinajstić information content (AvgIpc) is 2.55. The van der Waals surface area contributed by atoms with Crippen molar-refractivity contribution in [2.24, 2.45) is 5.92 Å². The van der Waals surface area contributed by atoms with Crippen LogP contribution in [0.2, 0.25) is 6.04 Å². The van der Waals surface area contributed by atoms with Crippen molar-refractivity contribution in [3.05, 3.63) is 0 Å². The molecule has 1 heterocycles. The molecule has 1 rings (SSSR count). The first kappa shape index (κ1) is 21.0. The molecule has 1 unspecified atom stereocenters. The molecule has 0 aromatic rings. The molecule has 0 saturated carbocycles. The number of hydrogen-bond donors (Lipinski definition) is 1. The second kappa shape index (κ2) is 10.7. The average molecular weight is 323 g/mol. The molecule has 0 amide bonds. The van der Waals surface area contributed by atoms with E-state index in [9.17, 15) is 0 Å². The van der Waals surface area contributed by atoms with Crippen LogP contribution in [0.5, 0.6) is 0 Å². The molecule has 21 heavy (non-hydrogen) atoms. The topological polar surface area (TPSA) is 57.2 Å². The fraction of sp³-hybridized carbons (Fsp3) is 1.00. The van der Waals surface area contributed by atoms with Crippen LogP contribution >= 0.6 is 0 Å². The van der Waals surface area contributed by atoms with Crippen LogP contribution < -0.4 is 0 Å². The third-order valence-electron chi connectivity index (χ3n) is 4.25. The van der Waals surface area contributed by atoms with Crippen LogP contribution in [0.1, 0.15) is 46.0 Å². The van der Waals surface area contributed by atoms with E-state index in [-0.39, 0.29) is 0 Å². The summed E-state index contributed by atoms with van der Waals surface area (Å²) >= 11 is 0. The van der Waals surface area contributed by atoms with Crippen LogP contribution in [0.25, 0.3) is 0 Å². The highest BCUT2D eigenvalue weighted by molar-refractivity contribution is 6.70. The van der Waals surface area contributed by atoms with Gasteiger partial charge in [-0.05, 0) is 25.3 Å². The normalized spacial score (nSPS) is 23.3. The first-order chi connectivity index (χ1) is 10.1. The highest BCUT2D eigenvalue weighted by atomic mass is 28.4. The molecule has 1 saturated heterocycles. The molecule has 0 aromatic carbocycles. The maximum atomic E-state index is 7.88. The standard InChI is InChI=1S/C12H26O4Si.C3H8O/c1-6-8-11-9-7-10-17(15-4,16-5)12(11,13-2)14-3;1-2-3-4/h11H,6-10H2,1-5H3;4H,2-3H2,1H3. The minimum atomic E-state index is -2.46. The molecular formula is C15H34O5Si. The van der Waals surface area contributed by atoms with E-state index in [2.05, 4.69) is 6.92 Å². The van der Waals surface area contributed by atoms with Crippen LogP contribution in [0.4, 0.5) is 0 Å². The van der Waals surface area contributed by atoms with Crippen molar-refractivity contribution in [3.8, 4) is 0 Å². The zero-order valence-electron chi connectivity index (χ0n) is 14.6. The Kier molecular flexibility index (Phi) is 10.7. The van der Waals surface area contributed by atoms with Gasteiger partial charge in [0.1, 0.15) is 0 Å². The Labute approximate surface area is 131 Å². The van der Waals surface area contributed by atoms with Crippen molar-refractivity contribution in [1.29, 1.82) is 0 Å². The van der Waals surface area contributed by atoms with Crippen molar-refractivity contribution in [2.75, 3.05) is 35.0 Å². The number of aliphatic hydroxyl groups is 1. The van der Waals surface area contributed by atoms with Gasteiger partial charge in [-0.25, -0.2) is 0 Å². The van der Waals surface area contributed by atoms with Gasteiger partial charge in [-0.15, -0.1) is 0 Å². The highest BCUT2D eigenvalue weighted by Crippen LogP contribution is 2.45. The molecule has 1 fully saturated rings. The molecule has 128 valence electrons. The molecule has 0 aliphatic carbocycles. The van der Waals surface area contributed by atoms with Crippen LogP contribution in [-0.2, 0) is 18.3 Å². The maximum Gasteiger partial charge on any atom is 0.399 e. The van der Waals surface area contributed by atoms with Gasteiger partial charge >= 0.3 is 8.56 Å². The molecule has 0 bridgehead atoms. The van der Waals surface area contributed by atoms with Crippen LogP contribution in [0, 0.1) is 5.92 Å². The lowest BCUT2D eigenvalue weighted by Crippen LogP contribution is -2.69. The molecule has 1 N–H and O–H groups in total. The summed E-state index contributed by atoms with van der Waals surface area (Å²) in [4.78, 5) is 0. The van der Waals surface area contributed by atoms with E-state index in [0.29, 0.717) is 12.5 Å². The van der Waals surface area contributed by atoms with Crippen LogP contribution in [0.3, 0.4) is 0 Å². The van der Waals surface area contributed by atoms with Gasteiger partial charge in [-0.2, -0.15) is 0 Å². The van der Waals surface area contributed by atoms with Crippen molar-refractivity contribution in [1.82, 2.24) is 0 Å². The number of aliphatic hydroxyl groups excluding tert-OH is 1. The van der Waals surface area contributed by atoms with Crippen molar-refractivity contribution in [3.63, 3.8) is 0 Å². The number of methoxy groups -OCH3 is 2. The van der Waals surface area contributed by atoms with E-state index in [4.69, 9.17) is 23.4 Å². The third kappa shape index (κ3) is 4.50.